The minimum atomic E-state index is -1.80. The second kappa shape index (κ2) is 48.4. The lowest BCUT2D eigenvalue weighted by Crippen LogP contribution is -2.65. The van der Waals surface area contributed by atoms with Crippen molar-refractivity contribution in [1.82, 2.24) is 5.32 Å². The molecule has 2 heterocycles. The first kappa shape index (κ1) is 70.8. The quantitative estimate of drug-likeness (QED) is 0.0204. The Balaban J connectivity index is 1.77. The highest BCUT2D eigenvalue weighted by atomic mass is 16.7. The summed E-state index contributed by atoms with van der Waals surface area (Å²) in [5, 5.41) is 87.1. The molecular weight excluding hydrogens is 979 g/mol. The summed E-state index contributed by atoms with van der Waals surface area (Å²) in [5.41, 5.74) is 0. The van der Waals surface area contributed by atoms with Gasteiger partial charge in [-0.3, -0.25) is 4.79 Å². The van der Waals surface area contributed by atoms with Gasteiger partial charge in [0, 0.05) is 6.42 Å². The molecule has 1 amide bonds. The zero-order valence-electron chi connectivity index (χ0n) is 48.2. The number of ether oxygens (including phenoxy) is 4. The van der Waals surface area contributed by atoms with E-state index in [0.29, 0.717) is 12.8 Å². The van der Waals surface area contributed by atoms with Crippen LogP contribution in [0.4, 0.5) is 0 Å². The van der Waals surface area contributed by atoms with Gasteiger partial charge in [-0.25, -0.2) is 0 Å². The van der Waals surface area contributed by atoms with E-state index in [4.69, 9.17) is 18.9 Å². The molecule has 2 fully saturated rings. The summed E-state index contributed by atoms with van der Waals surface area (Å²) < 4.78 is 22.8. The van der Waals surface area contributed by atoms with E-state index in [1.54, 1.807) is 6.08 Å². The molecule has 0 spiro atoms. The highest BCUT2D eigenvalue weighted by molar-refractivity contribution is 5.76. The smallest absolute Gasteiger partial charge is 0.220 e. The molecule has 0 aliphatic carbocycles. The molecule has 12 atom stereocenters. The first-order chi connectivity index (χ1) is 37.6. The van der Waals surface area contributed by atoms with E-state index in [9.17, 15) is 45.6 Å². The van der Waals surface area contributed by atoms with Gasteiger partial charge in [-0.2, -0.15) is 0 Å². The van der Waals surface area contributed by atoms with Gasteiger partial charge >= 0.3 is 0 Å². The fraction of sp³-hybridized carbons (Fsp3) is 0.825. The average molecular weight is 1090 g/mol. The molecule has 2 saturated heterocycles. The number of aliphatic hydroxyl groups excluding tert-OH is 8. The van der Waals surface area contributed by atoms with Crippen LogP contribution < -0.4 is 5.32 Å². The van der Waals surface area contributed by atoms with Crippen LogP contribution in [0, 0.1) is 0 Å². The van der Waals surface area contributed by atoms with Crippen LogP contribution in [0.15, 0.2) is 60.8 Å². The maximum absolute atomic E-state index is 13.2. The zero-order chi connectivity index (χ0) is 56.0. The van der Waals surface area contributed by atoms with Crippen LogP contribution in [0.25, 0.3) is 0 Å². The number of allylic oxidation sites excluding steroid dienone is 9. The predicted molar refractivity (Wildman–Crippen MR) is 309 cm³/mol. The number of rotatable bonds is 49. The highest BCUT2D eigenvalue weighted by Crippen LogP contribution is 2.30. The highest BCUT2D eigenvalue weighted by Gasteiger charge is 2.51. The molecule has 2 rings (SSSR count). The Hall–Kier alpha value is -2.31. The standard InChI is InChI=1S/C63H113NO13/c1-3-5-7-9-11-13-15-17-19-21-22-23-24-25-26-27-28-29-31-32-34-36-38-40-42-44-46-52(67)51(64-55(68)47-45-43-41-39-37-35-33-30-20-18-16-14-12-10-8-6-4-2)50-74-62-60(73)58(71)61(54(49-66)76-62)77-63-59(72)57(70)56(69)53(48-65)75-63/h12,14,18,20,29,31,36,38,44,46,51-54,56-63,65-67,69-73H,3-11,13,15-17,19,21-28,30,32-35,37,39-43,45,47-50H2,1-2H3,(H,64,68)/b14-12-,20-18-,31-29+,38-36+,46-44+. The van der Waals surface area contributed by atoms with Crippen LogP contribution in [0.1, 0.15) is 239 Å². The molecule has 14 nitrogen and oxygen atoms in total. The number of amides is 1. The Morgan fingerprint density at radius 2 is 0.870 bits per heavy atom. The van der Waals surface area contributed by atoms with Crippen LogP contribution in [-0.4, -0.2) is 140 Å². The van der Waals surface area contributed by atoms with Crippen molar-refractivity contribution in [2.75, 3.05) is 19.8 Å². The average Bonchev–Trinajstić information content (AvgIpc) is 3.44. The van der Waals surface area contributed by atoms with Gasteiger partial charge in [0.2, 0.25) is 5.91 Å². The number of nitrogens with one attached hydrogen (secondary N) is 1. The molecule has 12 unspecified atom stereocenters. The molecule has 0 aromatic rings. The van der Waals surface area contributed by atoms with Crippen molar-refractivity contribution in [3.63, 3.8) is 0 Å². The van der Waals surface area contributed by atoms with Gasteiger partial charge in [0.1, 0.15) is 48.8 Å². The van der Waals surface area contributed by atoms with E-state index in [1.807, 2.05) is 6.08 Å². The second-order valence-corrected chi connectivity index (χ2v) is 21.8. The largest absolute Gasteiger partial charge is 0.394 e. The maximum atomic E-state index is 13.2. The number of carbonyl (C=O) groups is 1. The van der Waals surface area contributed by atoms with E-state index in [2.05, 4.69) is 67.8 Å². The van der Waals surface area contributed by atoms with Crippen LogP contribution in [0.3, 0.4) is 0 Å². The third-order valence-corrected chi connectivity index (χ3v) is 14.9. The lowest BCUT2D eigenvalue weighted by atomic mass is 9.97. The predicted octanol–water partition coefficient (Wildman–Crippen LogP) is 10.9. The molecular formula is C63H113NO13. The summed E-state index contributed by atoms with van der Waals surface area (Å²) in [5.74, 6) is -0.262. The fourth-order valence-corrected chi connectivity index (χ4v) is 9.88. The van der Waals surface area contributed by atoms with Gasteiger partial charge < -0.3 is 65.1 Å². The van der Waals surface area contributed by atoms with Crippen LogP contribution in [-0.2, 0) is 23.7 Å². The summed E-state index contributed by atoms with van der Waals surface area (Å²) in [4.78, 5) is 13.2. The molecule has 448 valence electrons. The lowest BCUT2D eigenvalue weighted by Gasteiger charge is -2.46. The minimum Gasteiger partial charge on any atom is -0.394 e. The SMILES string of the molecule is CCCCC/C=C\C/C=C\CCCCCCCCCC(=O)NC(COC1OC(CO)C(OC2OC(CO)C(O)C(O)C2O)C(O)C1O)C(O)/C=C/CC/C=C/CC/C=C/CCCCCCCCCCCCCCCCCC. The third-order valence-electron chi connectivity index (χ3n) is 14.9. The zero-order valence-corrected chi connectivity index (χ0v) is 48.2. The summed E-state index contributed by atoms with van der Waals surface area (Å²) in [6.07, 6.45) is 45.5. The summed E-state index contributed by atoms with van der Waals surface area (Å²) in [6.45, 7) is 2.75. The topological polar surface area (TPSA) is 228 Å². The van der Waals surface area contributed by atoms with Gasteiger partial charge in [-0.15, -0.1) is 0 Å². The Kier molecular flexibility index (Phi) is 44.5. The first-order valence-electron chi connectivity index (χ1n) is 31.0. The monoisotopic (exact) mass is 1090 g/mol. The second-order valence-electron chi connectivity index (χ2n) is 21.8. The van der Waals surface area contributed by atoms with Gasteiger partial charge in [0.05, 0.1) is 32.0 Å². The molecule has 0 aromatic carbocycles. The third kappa shape index (κ3) is 33.9. The number of aliphatic hydroxyl groups is 8. The van der Waals surface area contributed by atoms with E-state index < -0.39 is 86.8 Å². The van der Waals surface area contributed by atoms with Crippen molar-refractivity contribution in [3.8, 4) is 0 Å². The van der Waals surface area contributed by atoms with Crippen molar-refractivity contribution in [2.24, 2.45) is 0 Å². The van der Waals surface area contributed by atoms with Crippen molar-refractivity contribution in [2.45, 2.75) is 312 Å². The number of hydrogen-bond acceptors (Lipinski definition) is 13. The van der Waals surface area contributed by atoms with Gasteiger partial charge in [-0.05, 0) is 77.0 Å². The van der Waals surface area contributed by atoms with E-state index in [0.717, 1.165) is 64.2 Å². The summed E-state index contributed by atoms with van der Waals surface area (Å²) in [6, 6.07) is -0.945. The van der Waals surface area contributed by atoms with Crippen molar-refractivity contribution in [1.29, 1.82) is 0 Å². The maximum Gasteiger partial charge on any atom is 0.220 e. The molecule has 0 saturated carbocycles. The summed E-state index contributed by atoms with van der Waals surface area (Å²) in [7, 11) is 0. The minimum absolute atomic E-state index is 0.259. The Labute approximate surface area is 466 Å². The Bertz CT molecular complexity index is 1520. The van der Waals surface area contributed by atoms with Crippen LogP contribution >= 0.6 is 0 Å². The molecule has 14 heteroatoms. The molecule has 2 aliphatic heterocycles. The molecule has 0 bridgehead atoms. The first-order valence-corrected chi connectivity index (χ1v) is 31.0. The molecule has 2 aliphatic rings. The summed E-state index contributed by atoms with van der Waals surface area (Å²) >= 11 is 0. The van der Waals surface area contributed by atoms with Crippen molar-refractivity contribution < 1.29 is 64.6 Å². The molecule has 0 radical (unpaired) electrons. The Morgan fingerprint density at radius 3 is 1.38 bits per heavy atom. The van der Waals surface area contributed by atoms with Gasteiger partial charge in [0.25, 0.3) is 0 Å². The van der Waals surface area contributed by atoms with Crippen molar-refractivity contribution in [3.05, 3.63) is 60.8 Å². The van der Waals surface area contributed by atoms with Crippen molar-refractivity contribution >= 4 is 5.91 Å². The van der Waals surface area contributed by atoms with E-state index in [1.165, 1.54) is 141 Å². The van der Waals surface area contributed by atoms with E-state index >= 15 is 0 Å². The lowest BCUT2D eigenvalue weighted by molar-refractivity contribution is -0.359. The van der Waals surface area contributed by atoms with Gasteiger partial charge in [-0.1, -0.05) is 216 Å². The van der Waals surface area contributed by atoms with Crippen LogP contribution in [0.5, 0.6) is 0 Å². The number of hydrogen-bond donors (Lipinski definition) is 9. The number of carbonyl (C=O) groups excluding carboxylic acids is 1. The normalized spacial score (nSPS) is 25.1. The Morgan fingerprint density at radius 1 is 0.468 bits per heavy atom. The van der Waals surface area contributed by atoms with E-state index in [-0.39, 0.29) is 18.9 Å². The fourth-order valence-electron chi connectivity index (χ4n) is 9.88. The molecule has 77 heavy (non-hydrogen) atoms. The van der Waals surface area contributed by atoms with Crippen LogP contribution in [0.2, 0.25) is 0 Å². The molecule has 0 aromatic heterocycles. The molecule has 9 N–H and O–H groups in total. The van der Waals surface area contributed by atoms with Gasteiger partial charge in [0.15, 0.2) is 12.6 Å². The number of unbranched alkanes of at least 4 members (excludes halogenated alkanes) is 28.